The molecule has 3 aromatic rings. The van der Waals surface area contributed by atoms with E-state index in [2.05, 4.69) is 34.8 Å². The van der Waals surface area contributed by atoms with Crippen LogP contribution in [0, 0.1) is 13.8 Å². The van der Waals surface area contributed by atoms with Crippen LogP contribution in [0.15, 0.2) is 47.4 Å². The molecule has 0 bridgehead atoms. The highest BCUT2D eigenvalue weighted by Gasteiger charge is 2.18. The fraction of sp³-hybridized carbons (Fsp3) is 0.348. The first-order chi connectivity index (χ1) is 13.9. The molecule has 2 aromatic carbocycles. The van der Waals surface area contributed by atoms with Crippen LogP contribution < -0.4 is 4.72 Å². The molecule has 1 aliphatic carbocycles. The van der Waals surface area contributed by atoms with Gasteiger partial charge in [0.15, 0.2) is 0 Å². The molecule has 4 nitrogen and oxygen atoms in total. The van der Waals surface area contributed by atoms with E-state index in [9.17, 15) is 8.42 Å². The minimum atomic E-state index is -3.49. The summed E-state index contributed by atoms with van der Waals surface area (Å²) < 4.78 is 28.2. The van der Waals surface area contributed by atoms with Crippen molar-refractivity contribution in [3.63, 3.8) is 0 Å². The molecule has 0 radical (unpaired) electrons. The number of thiazole rings is 1. The molecule has 0 unspecified atom stereocenters. The van der Waals surface area contributed by atoms with Gasteiger partial charge in [0.25, 0.3) is 0 Å². The Labute approximate surface area is 177 Å². The fourth-order valence-corrected chi connectivity index (χ4v) is 5.96. The third kappa shape index (κ3) is 4.60. The zero-order valence-electron chi connectivity index (χ0n) is 16.9. The van der Waals surface area contributed by atoms with Crippen molar-refractivity contribution < 1.29 is 8.42 Å². The molecule has 1 N–H and O–H groups in total. The summed E-state index contributed by atoms with van der Waals surface area (Å²) in [6.45, 7) is 4.43. The Morgan fingerprint density at radius 2 is 1.83 bits per heavy atom. The number of aryl methyl sites for hydroxylation is 4. The Morgan fingerprint density at radius 3 is 2.62 bits per heavy atom. The summed E-state index contributed by atoms with van der Waals surface area (Å²) in [7, 11) is -3.49. The van der Waals surface area contributed by atoms with Gasteiger partial charge in [-0.2, -0.15) is 0 Å². The van der Waals surface area contributed by atoms with E-state index >= 15 is 0 Å². The first-order valence-corrected chi connectivity index (χ1v) is 12.4. The van der Waals surface area contributed by atoms with Crippen LogP contribution in [0.4, 0.5) is 0 Å². The molecule has 0 atom stereocenters. The number of benzene rings is 2. The van der Waals surface area contributed by atoms with Crippen molar-refractivity contribution in [2.24, 2.45) is 0 Å². The highest BCUT2D eigenvalue weighted by Crippen LogP contribution is 2.29. The zero-order chi connectivity index (χ0) is 20.4. The number of nitrogens with zero attached hydrogens (tertiary/aromatic N) is 1. The number of rotatable bonds is 6. The molecule has 1 aliphatic rings. The van der Waals surface area contributed by atoms with Crippen molar-refractivity contribution in [1.82, 2.24) is 9.71 Å². The van der Waals surface area contributed by atoms with Crippen LogP contribution in [-0.2, 0) is 29.3 Å². The van der Waals surface area contributed by atoms with Crippen molar-refractivity contribution in [2.45, 2.75) is 50.8 Å². The summed E-state index contributed by atoms with van der Waals surface area (Å²) >= 11 is 1.64. The summed E-state index contributed by atoms with van der Waals surface area (Å²) in [4.78, 5) is 6.18. The van der Waals surface area contributed by atoms with Gasteiger partial charge in [0.05, 0.1) is 10.6 Å². The summed E-state index contributed by atoms with van der Waals surface area (Å²) in [6.07, 6.45) is 4.99. The number of aromatic nitrogens is 1. The normalized spacial score (nSPS) is 14.0. The first kappa shape index (κ1) is 20.3. The van der Waals surface area contributed by atoms with Gasteiger partial charge in [-0.25, -0.2) is 18.1 Å². The van der Waals surface area contributed by atoms with Crippen molar-refractivity contribution in [1.29, 1.82) is 0 Å². The van der Waals surface area contributed by atoms with Crippen molar-refractivity contribution >= 4 is 21.4 Å². The average Bonchev–Trinajstić information content (AvgIpc) is 3.08. The van der Waals surface area contributed by atoms with Crippen LogP contribution in [0.25, 0.3) is 10.6 Å². The molecule has 0 amide bonds. The smallest absolute Gasteiger partial charge is 0.240 e. The topological polar surface area (TPSA) is 59.1 Å². The van der Waals surface area contributed by atoms with Crippen molar-refractivity contribution in [3.8, 4) is 10.6 Å². The van der Waals surface area contributed by atoms with Crippen LogP contribution in [0.5, 0.6) is 0 Å². The Hall–Kier alpha value is -2.02. The van der Waals surface area contributed by atoms with E-state index in [1.165, 1.54) is 23.1 Å². The maximum atomic E-state index is 12.7. The Balaban J connectivity index is 1.43. The van der Waals surface area contributed by atoms with Gasteiger partial charge >= 0.3 is 0 Å². The van der Waals surface area contributed by atoms with Gasteiger partial charge in [0.1, 0.15) is 5.01 Å². The summed E-state index contributed by atoms with van der Waals surface area (Å²) in [5.41, 5.74) is 5.76. The van der Waals surface area contributed by atoms with Crippen LogP contribution in [-0.4, -0.2) is 19.9 Å². The molecular weight excluding hydrogens is 400 g/mol. The number of sulfonamides is 1. The van der Waals surface area contributed by atoms with Gasteiger partial charge in [0, 0.05) is 17.0 Å². The van der Waals surface area contributed by atoms with Gasteiger partial charge in [0.2, 0.25) is 10.0 Å². The molecule has 4 rings (SSSR count). The largest absolute Gasteiger partial charge is 0.241 e. The van der Waals surface area contributed by atoms with Crippen LogP contribution in [0.2, 0.25) is 0 Å². The van der Waals surface area contributed by atoms with E-state index in [1.807, 2.05) is 25.1 Å². The average molecular weight is 427 g/mol. The third-order valence-corrected chi connectivity index (χ3v) is 8.16. The molecule has 0 saturated heterocycles. The second kappa shape index (κ2) is 8.38. The second-order valence-corrected chi connectivity index (χ2v) is 10.5. The lowest BCUT2D eigenvalue weighted by atomic mass is 9.92. The van der Waals surface area contributed by atoms with E-state index in [4.69, 9.17) is 0 Å². The second-order valence-electron chi connectivity index (χ2n) is 7.68. The quantitative estimate of drug-likeness (QED) is 0.614. The highest BCUT2D eigenvalue weighted by molar-refractivity contribution is 7.89. The third-order valence-electron chi connectivity index (χ3n) is 5.43. The SMILES string of the molecule is Cc1cccc(-c2nc(C)c(CCNS(=O)(=O)c3ccc4c(c3)CCCC4)s2)c1. The van der Waals surface area contributed by atoms with Gasteiger partial charge in [-0.1, -0.05) is 29.8 Å². The van der Waals surface area contributed by atoms with Crippen LogP contribution in [0.3, 0.4) is 0 Å². The van der Waals surface area contributed by atoms with Gasteiger partial charge in [-0.05, 0) is 75.3 Å². The Kier molecular flexibility index (Phi) is 5.86. The monoisotopic (exact) mass is 426 g/mol. The van der Waals surface area contributed by atoms with Crippen LogP contribution in [0.1, 0.15) is 40.1 Å². The predicted molar refractivity (Wildman–Crippen MR) is 119 cm³/mol. The van der Waals surface area contributed by atoms with E-state index in [0.717, 1.165) is 40.4 Å². The van der Waals surface area contributed by atoms with E-state index in [0.29, 0.717) is 17.9 Å². The lowest BCUT2D eigenvalue weighted by Crippen LogP contribution is -2.26. The predicted octanol–water partition coefficient (Wildman–Crippen LogP) is 4.83. The van der Waals surface area contributed by atoms with Crippen LogP contribution >= 0.6 is 11.3 Å². The van der Waals surface area contributed by atoms with E-state index in [1.54, 1.807) is 17.4 Å². The minimum absolute atomic E-state index is 0.371. The zero-order valence-corrected chi connectivity index (χ0v) is 18.5. The van der Waals surface area contributed by atoms with Gasteiger partial charge in [-0.3, -0.25) is 0 Å². The van der Waals surface area contributed by atoms with Gasteiger partial charge < -0.3 is 0 Å². The number of hydrogen-bond donors (Lipinski definition) is 1. The molecule has 1 heterocycles. The lowest BCUT2D eigenvalue weighted by molar-refractivity contribution is 0.581. The molecule has 0 spiro atoms. The van der Waals surface area contributed by atoms with Gasteiger partial charge in [-0.15, -0.1) is 11.3 Å². The number of fused-ring (bicyclic) bond motifs is 1. The molecule has 152 valence electrons. The maximum absolute atomic E-state index is 12.7. The molecule has 1 aromatic heterocycles. The number of hydrogen-bond acceptors (Lipinski definition) is 4. The molecule has 0 aliphatic heterocycles. The molecule has 0 saturated carbocycles. The molecular formula is C23H26N2O2S2. The van der Waals surface area contributed by atoms with Crippen molar-refractivity contribution in [2.75, 3.05) is 6.54 Å². The highest BCUT2D eigenvalue weighted by atomic mass is 32.2. The lowest BCUT2D eigenvalue weighted by Gasteiger charge is -2.16. The molecule has 0 fully saturated rings. The summed E-state index contributed by atoms with van der Waals surface area (Å²) in [5, 5.41) is 0.985. The first-order valence-electron chi connectivity index (χ1n) is 10.1. The molecule has 29 heavy (non-hydrogen) atoms. The Morgan fingerprint density at radius 1 is 1.03 bits per heavy atom. The number of nitrogens with one attached hydrogen (secondary N) is 1. The minimum Gasteiger partial charge on any atom is -0.241 e. The Bertz CT molecular complexity index is 1130. The summed E-state index contributed by atoms with van der Waals surface area (Å²) in [6, 6.07) is 13.9. The van der Waals surface area contributed by atoms with Crippen molar-refractivity contribution in [3.05, 3.63) is 69.7 Å². The molecule has 6 heteroatoms. The van der Waals surface area contributed by atoms with E-state index < -0.39 is 10.0 Å². The maximum Gasteiger partial charge on any atom is 0.240 e. The van der Waals surface area contributed by atoms with E-state index in [-0.39, 0.29) is 0 Å². The standard InChI is InChI=1S/C23H26N2O2S2/c1-16-6-5-9-20(14-16)23-25-17(2)22(28-23)12-13-24-29(26,27)21-11-10-18-7-3-4-8-19(18)15-21/h5-6,9-11,14-15,24H,3-4,7-8,12-13H2,1-2H3. The fourth-order valence-electron chi connectivity index (χ4n) is 3.82. The summed E-state index contributed by atoms with van der Waals surface area (Å²) in [5.74, 6) is 0.